The lowest BCUT2D eigenvalue weighted by Gasteiger charge is -2.18. The van der Waals surface area contributed by atoms with Gasteiger partial charge < -0.3 is 9.57 Å². The lowest BCUT2D eigenvalue weighted by atomic mass is 10.0. The number of methoxy groups -OCH3 is 1. The summed E-state index contributed by atoms with van der Waals surface area (Å²) in [6.45, 7) is 3.78. The standard InChI is InChI=1S/C12H11N2O2/c1-12(15-2)7-11(14-16-12)10-5-3-4-9(6-10)8-13/h3-6H,1,7H2,2H3. The number of ether oxygens (including phenoxy) is 1. The summed E-state index contributed by atoms with van der Waals surface area (Å²) < 4.78 is 5.09. The van der Waals surface area contributed by atoms with Crippen LogP contribution in [0.4, 0.5) is 0 Å². The molecule has 1 aliphatic rings. The van der Waals surface area contributed by atoms with E-state index < -0.39 is 5.79 Å². The first-order valence-electron chi connectivity index (χ1n) is 4.83. The van der Waals surface area contributed by atoms with Crippen molar-refractivity contribution in [1.29, 1.82) is 5.26 Å². The minimum absolute atomic E-state index is 0.471. The maximum Gasteiger partial charge on any atom is 0.242 e. The van der Waals surface area contributed by atoms with E-state index in [1.807, 2.05) is 12.1 Å². The minimum Gasteiger partial charge on any atom is -0.360 e. The second kappa shape index (κ2) is 3.95. The molecule has 0 aromatic heterocycles. The molecule has 1 aromatic carbocycles. The highest BCUT2D eigenvalue weighted by Crippen LogP contribution is 2.26. The molecule has 0 N–H and O–H groups in total. The molecule has 0 aliphatic carbocycles. The molecule has 81 valence electrons. The number of hydrogen-bond donors (Lipinski definition) is 0. The van der Waals surface area contributed by atoms with E-state index in [4.69, 9.17) is 14.8 Å². The van der Waals surface area contributed by atoms with E-state index in [0.717, 1.165) is 11.3 Å². The molecule has 1 aromatic rings. The number of benzene rings is 1. The third-order valence-corrected chi connectivity index (χ3v) is 2.46. The van der Waals surface area contributed by atoms with Gasteiger partial charge in [0.1, 0.15) is 0 Å². The average molecular weight is 215 g/mol. The van der Waals surface area contributed by atoms with Crippen LogP contribution in [-0.2, 0) is 9.57 Å². The lowest BCUT2D eigenvalue weighted by Crippen LogP contribution is -2.27. The van der Waals surface area contributed by atoms with Crippen LogP contribution < -0.4 is 0 Å². The van der Waals surface area contributed by atoms with E-state index in [9.17, 15) is 0 Å². The largest absolute Gasteiger partial charge is 0.360 e. The minimum atomic E-state index is -0.933. The lowest BCUT2D eigenvalue weighted by molar-refractivity contribution is -0.172. The van der Waals surface area contributed by atoms with E-state index >= 15 is 0 Å². The Morgan fingerprint density at radius 1 is 1.62 bits per heavy atom. The molecule has 1 radical (unpaired) electrons. The molecule has 1 aliphatic heterocycles. The van der Waals surface area contributed by atoms with Gasteiger partial charge in [0.2, 0.25) is 5.79 Å². The average Bonchev–Trinajstić information content (AvgIpc) is 2.73. The van der Waals surface area contributed by atoms with E-state index in [1.165, 1.54) is 7.11 Å². The van der Waals surface area contributed by atoms with Crippen LogP contribution >= 0.6 is 0 Å². The Labute approximate surface area is 94.1 Å². The molecule has 0 bridgehead atoms. The molecule has 1 atom stereocenters. The molecule has 0 amide bonds. The second-order valence-corrected chi connectivity index (χ2v) is 3.61. The van der Waals surface area contributed by atoms with Gasteiger partial charge in [0, 0.05) is 19.6 Å². The number of rotatable bonds is 2. The van der Waals surface area contributed by atoms with Crippen LogP contribution in [0.3, 0.4) is 0 Å². The van der Waals surface area contributed by atoms with Crippen molar-refractivity contribution in [1.82, 2.24) is 0 Å². The van der Waals surface area contributed by atoms with Gasteiger partial charge in [0.05, 0.1) is 23.8 Å². The van der Waals surface area contributed by atoms with Crippen LogP contribution in [0.2, 0.25) is 0 Å². The molecule has 0 saturated carbocycles. The van der Waals surface area contributed by atoms with Crippen LogP contribution in [0, 0.1) is 18.3 Å². The van der Waals surface area contributed by atoms with Gasteiger partial charge in [-0.25, -0.2) is 0 Å². The Bertz CT molecular complexity index is 476. The zero-order valence-electron chi connectivity index (χ0n) is 8.93. The first-order valence-corrected chi connectivity index (χ1v) is 4.83. The monoisotopic (exact) mass is 215 g/mol. The fourth-order valence-corrected chi connectivity index (χ4v) is 1.49. The Kier molecular flexibility index (Phi) is 2.63. The summed E-state index contributed by atoms with van der Waals surface area (Å²) in [6, 6.07) is 9.29. The predicted molar refractivity (Wildman–Crippen MR) is 58.5 cm³/mol. The number of nitrogens with zero attached hydrogens (tertiary/aromatic N) is 2. The van der Waals surface area contributed by atoms with Crippen molar-refractivity contribution >= 4 is 5.71 Å². The van der Waals surface area contributed by atoms with Crippen LogP contribution in [0.5, 0.6) is 0 Å². The van der Waals surface area contributed by atoms with E-state index in [0.29, 0.717) is 12.0 Å². The molecule has 0 saturated heterocycles. The summed E-state index contributed by atoms with van der Waals surface area (Å²) >= 11 is 0. The Morgan fingerprint density at radius 3 is 3.06 bits per heavy atom. The summed E-state index contributed by atoms with van der Waals surface area (Å²) in [4.78, 5) is 5.10. The second-order valence-electron chi connectivity index (χ2n) is 3.61. The normalized spacial score (nSPS) is 23.4. The maximum atomic E-state index is 8.80. The first-order chi connectivity index (χ1) is 7.67. The van der Waals surface area contributed by atoms with Crippen LogP contribution in [0.1, 0.15) is 17.5 Å². The smallest absolute Gasteiger partial charge is 0.242 e. The molecule has 0 spiro atoms. The maximum absolute atomic E-state index is 8.80. The molecule has 4 heteroatoms. The Hall–Kier alpha value is -1.86. The fourth-order valence-electron chi connectivity index (χ4n) is 1.49. The van der Waals surface area contributed by atoms with Crippen molar-refractivity contribution in [3.8, 4) is 6.07 Å². The molecule has 16 heavy (non-hydrogen) atoms. The Morgan fingerprint density at radius 2 is 2.44 bits per heavy atom. The van der Waals surface area contributed by atoms with Gasteiger partial charge in [-0.2, -0.15) is 5.26 Å². The number of hydrogen-bond acceptors (Lipinski definition) is 4. The summed E-state index contributed by atoms with van der Waals surface area (Å²) in [6.07, 6.45) is 0.471. The predicted octanol–water partition coefficient (Wildman–Crippen LogP) is 1.86. The van der Waals surface area contributed by atoms with Crippen LogP contribution in [0.25, 0.3) is 0 Å². The molecule has 4 nitrogen and oxygen atoms in total. The van der Waals surface area contributed by atoms with Gasteiger partial charge in [-0.3, -0.25) is 0 Å². The van der Waals surface area contributed by atoms with Crippen molar-refractivity contribution in [3.05, 3.63) is 42.3 Å². The van der Waals surface area contributed by atoms with Crippen molar-refractivity contribution in [2.75, 3.05) is 7.11 Å². The quantitative estimate of drug-likeness (QED) is 0.756. The molecule has 2 rings (SSSR count). The first kappa shape index (κ1) is 10.7. The molecule has 0 fully saturated rings. The van der Waals surface area contributed by atoms with Crippen molar-refractivity contribution in [2.45, 2.75) is 12.2 Å². The van der Waals surface area contributed by atoms with Crippen LogP contribution in [0.15, 0.2) is 29.4 Å². The molecular formula is C12H11N2O2. The van der Waals surface area contributed by atoms with Crippen molar-refractivity contribution < 1.29 is 9.57 Å². The van der Waals surface area contributed by atoms with Gasteiger partial charge in [-0.1, -0.05) is 17.3 Å². The number of nitriles is 1. The summed E-state index contributed by atoms with van der Waals surface area (Å²) in [7, 11) is 1.52. The third-order valence-electron chi connectivity index (χ3n) is 2.46. The van der Waals surface area contributed by atoms with Gasteiger partial charge in [-0.15, -0.1) is 0 Å². The topological polar surface area (TPSA) is 54.6 Å². The summed E-state index contributed by atoms with van der Waals surface area (Å²) in [5.41, 5.74) is 2.20. The zero-order chi connectivity index (χ0) is 11.6. The molecule has 1 heterocycles. The van der Waals surface area contributed by atoms with Crippen molar-refractivity contribution in [3.63, 3.8) is 0 Å². The SMILES string of the molecule is [CH2]C1(OC)CC(c2cccc(C#N)c2)=NO1. The van der Waals surface area contributed by atoms with E-state index in [-0.39, 0.29) is 0 Å². The van der Waals surface area contributed by atoms with Gasteiger partial charge in [0.25, 0.3) is 0 Å². The zero-order valence-corrected chi connectivity index (χ0v) is 8.93. The van der Waals surface area contributed by atoms with E-state index in [1.54, 1.807) is 12.1 Å². The molecule has 1 unspecified atom stereocenters. The van der Waals surface area contributed by atoms with Gasteiger partial charge >= 0.3 is 0 Å². The highest BCUT2D eigenvalue weighted by Gasteiger charge is 2.34. The van der Waals surface area contributed by atoms with E-state index in [2.05, 4.69) is 18.1 Å². The molecular weight excluding hydrogens is 204 g/mol. The van der Waals surface area contributed by atoms with Gasteiger partial charge in [0.15, 0.2) is 0 Å². The summed E-state index contributed by atoms with van der Waals surface area (Å²) in [5.74, 6) is -0.933. The van der Waals surface area contributed by atoms with Crippen LogP contribution in [-0.4, -0.2) is 18.6 Å². The fraction of sp³-hybridized carbons (Fsp3) is 0.250. The van der Waals surface area contributed by atoms with Gasteiger partial charge in [-0.05, 0) is 12.1 Å². The summed E-state index contributed by atoms with van der Waals surface area (Å²) in [5, 5.41) is 12.7. The highest BCUT2D eigenvalue weighted by atomic mass is 16.8. The highest BCUT2D eigenvalue weighted by molar-refractivity contribution is 6.01. The number of oxime groups is 1. The Balaban J connectivity index is 2.24. The van der Waals surface area contributed by atoms with Crippen molar-refractivity contribution in [2.24, 2.45) is 5.16 Å². The third kappa shape index (κ3) is 1.90.